The van der Waals surface area contributed by atoms with Crippen molar-refractivity contribution in [2.45, 2.75) is 25.6 Å². The molecule has 0 radical (unpaired) electrons. The van der Waals surface area contributed by atoms with Crippen LogP contribution in [-0.4, -0.2) is 39.1 Å². The molecular weight excluding hydrogens is 325 g/mol. The molecule has 3 rings (SSSR count). The Hall–Kier alpha value is -2.42. The second-order valence-electron chi connectivity index (χ2n) is 5.40. The van der Waals surface area contributed by atoms with E-state index in [4.69, 9.17) is 4.84 Å². The van der Waals surface area contributed by atoms with Gasteiger partial charge in [0.2, 0.25) is 0 Å². The molecule has 1 aromatic carbocycles. The SMILES string of the molecule is O=C(c1cn(Cc2ccccc2C(F)(F)F)nn1)N1CCCCO1. The second kappa shape index (κ2) is 6.60. The van der Waals surface area contributed by atoms with Crippen molar-refractivity contribution in [2.24, 2.45) is 0 Å². The third-order valence-corrected chi connectivity index (χ3v) is 3.64. The van der Waals surface area contributed by atoms with Crippen LogP contribution in [0.15, 0.2) is 30.5 Å². The lowest BCUT2D eigenvalue weighted by Gasteiger charge is -2.24. The Kier molecular flexibility index (Phi) is 4.52. The minimum Gasteiger partial charge on any atom is -0.271 e. The van der Waals surface area contributed by atoms with Crippen molar-refractivity contribution in [3.63, 3.8) is 0 Å². The van der Waals surface area contributed by atoms with Crippen molar-refractivity contribution in [3.05, 3.63) is 47.3 Å². The summed E-state index contributed by atoms with van der Waals surface area (Å²) >= 11 is 0. The van der Waals surface area contributed by atoms with Gasteiger partial charge in [0.1, 0.15) is 0 Å². The van der Waals surface area contributed by atoms with Crippen molar-refractivity contribution in [1.29, 1.82) is 0 Å². The Bertz CT molecular complexity index is 724. The van der Waals surface area contributed by atoms with E-state index in [1.54, 1.807) is 0 Å². The smallest absolute Gasteiger partial charge is 0.271 e. The van der Waals surface area contributed by atoms with Crippen molar-refractivity contribution in [3.8, 4) is 0 Å². The van der Waals surface area contributed by atoms with Crippen LogP contribution in [-0.2, 0) is 17.6 Å². The van der Waals surface area contributed by atoms with Gasteiger partial charge in [-0.2, -0.15) is 13.2 Å². The normalized spacial score (nSPS) is 15.5. The average molecular weight is 340 g/mol. The van der Waals surface area contributed by atoms with Crippen LogP contribution in [0.1, 0.15) is 34.5 Å². The third-order valence-electron chi connectivity index (χ3n) is 3.64. The number of halogens is 3. The number of carbonyl (C=O) groups excluding carboxylic acids is 1. The molecule has 0 atom stereocenters. The van der Waals surface area contributed by atoms with Crippen molar-refractivity contribution in [2.75, 3.05) is 13.2 Å². The Morgan fingerprint density at radius 2 is 2.04 bits per heavy atom. The molecule has 1 aliphatic heterocycles. The quantitative estimate of drug-likeness (QED) is 0.861. The highest BCUT2D eigenvalue weighted by Crippen LogP contribution is 2.32. The number of hydroxylamine groups is 2. The molecule has 0 aliphatic carbocycles. The van der Waals surface area contributed by atoms with Crippen molar-refractivity contribution < 1.29 is 22.8 Å². The number of carbonyl (C=O) groups is 1. The number of aromatic nitrogens is 3. The second-order valence-corrected chi connectivity index (χ2v) is 5.40. The van der Waals surface area contributed by atoms with E-state index in [-0.39, 0.29) is 17.8 Å². The molecule has 0 spiro atoms. The summed E-state index contributed by atoms with van der Waals surface area (Å²) in [5.74, 6) is -0.440. The highest BCUT2D eigenvalue weighted by atomic mass is 19.4. The summed E-state index contributed by atoms with van der Waals surface area (Å²) in [6, 6.07) is 5.24. The van der Waals surface area contributed by atoms with E-state index >= 15 is 0 Å². The minimum absolute atomic E-state index is 0.0430. The van der Waals surface area contributed by atoms with Crippen LogP contribution in [0.5, 0.6) is 0 Å². The third kappa shape index (κ3) is 3.56. The van der Waals surface area contributed by atoms with Crippen molar-refractivity contribution >= 4 is 5.91 Å². The first kappa shape index (κ1) is 16.4. The van der Waals surface area contributed by atoms with Gasteiger partial charge in [0, 0.05) is 6.54 Å². The molecule has 128 valence electrons. The van der Waals surface area contributed by atoms with Gasteiger partial charge < -0.3 is 0 Å². The van der Waals surface area contributed by atoms with Crippen LogP contribution in [0, 0.1) is 0 Å². The predicted molar refractivity (Wildman–Crippen MR) is 76.8 cm³/mol. The maximum Gasteiger partial charge on any atom is 0.416 e. The first-order valence-corrected chi connectivity index (χ1v) is 7.45. The lowest BCUT2D eigenvalue weighted by molar-refractivity contribution is -0.144. The molecular formula is C15H15F3N4O2. The molecule has 1 fully saturated rings. The fourth-order valence-electron chi connectivity index (χ4n) is 2.47. The molecule has 1 aliphatic rings. The highest BCUT2D eigenvalue weighted by Gasteiger charge is 2.33. The fraction of sp³-hybridized carbons (Fsp3) is 0.400. The minimum atomic E-state index is -4.45. The summed E-state index contributed by atoms with van der Waals surface area (Å²) in [5, 5.41) is 8.70. The lowest BCUT2D eigenvalue weighted by Crippen LogP contribution is -2.35. The summed E-state index contributed by atoms with van der Waals surface area (Å²) in [5.41, 5.74) is -0.628. The largest absolute Gasteiger partial charge is 0.416 e. The summed E-state index contributed by atoms with van der Waals surface area (Å²) in [4.78, 5) is 17.4. The topological polar surface area (TPSA) is 60.2 Å². The van der Waals surface area contributed by atoms with Crippen LogP contribution in [0.25, 0.3) is 0 Å². The van der Waals surface area contributed by atoms with E-state index in [1.807, 2.05) is 0 Å². The molecule has 0 N–H and O–H groups in total. The number of hydrogen-bond donors (Lipinski definition) is 0. The average Bonchev–Trinajstić information content (AvgIpc) is 3.03. The van der Waals surface area contributed by atoms with Crippen LogP contribution in [0.3, 0.4) is 0 Å². The van der Waals surface area contributed by atoms with Gasteiger partial charge in [0.05, 0.1) is 24.9 Å². The lowest BCUT2D eigenvalue weighted by atomic mass is 10.1. The summed E-state index contributed by atoms with van der Waals surface area (Å²) < 4.78 is 40.2. The van der Waals surface area contributed by atoms with Gasteiger partial charge in [-0.25, -0.2) is 9.75 Å². The predicted octanol–water partition coefficient (Wildman–Crippen LogP) is 2.51. The zero-order valence-corrected chi connectivity index (χ0v) is 12.7. The van der Waals surface area contributed by atoms with Gasteiger partial charge in [-0.15, -0.1) is 5.10 Å². The Labute approximate surface area is 135 Å². The summed E-state index contributed by atoms with van der Waals surface area (Å²) in [7, 11) is 0. The molecule has 6 nitrogen and oxygen atoms in total. The Balaban J connectivity index is 1.76. The van der Waals surface area contributed by atoms with E-state index in [0.717, 1.165) is 18.9 Å². The molecule has 2 heterocycles. The first-order chi connectivity index (χ1) is 11.4. The molecule has 0 unspecified atom stereocenters. The van der Waals surface area contributed by atoms with E-state index in [9.17, 15) is 18.0 Å². The Morgan fingerprint density at radius 1 is 1.25 bits per heavy atom. The standard InChI is InChI=1S/C15H15F3N4O2/c16-15(17,18)12-6-2-1-5-11(12)9-21-10-13(19-20-21)14(23)22-7-3-4-8-24-22/h1-2,5-6,10H,3-4,7-9H2. The summed E-state index contributed by atoms with van der Waals surface area (Å²) in [6.45, 7) is 0.790. The zero-order chi connectivity index (χ0) is 17.2. The maximum absolute atomic E-state index is 13.0. The Morgan fingerprint density at radius 3 is 2.75 bits per heavy atom. The van der Waals surface area contributed by atoms with E-state index < -0.39 is 17.6 Å². The van der Waals surface area contributed by atoms with Gasteiger partial charge >= 0.3 is 6.18 Å². The van der Waals surface area contributed by atoms with Gasteiger partial charge in [-0.05, 0) is 24.5 Å². The number of rotatable bonds is 3. The van der Waals surface area contributed by atoms with Crippen LogP contribution < -0.4 is 0 Å². The molecule has 24 heavy (non-hydrogen) atoms. The van der Waals surface area contributed by atoms with E-state index in [2.05, 4.69) is 10.3 Å². The molecule has 9 heteroatoms. The molecule has 0 saturated carbocycles. The molecule has 1 amide bonds. The van der Waals surface area contributed by atoms with Crippen LogP contribution in [0.2, 0.25) is 0 Å². The van der Waals surface area contributed by atoms with Crippen LogP contribution in [0.4, 0.5) is 13.2 Å². The number of alkyl halides is 3. The highest BCUT2D eigenvalue weighted by molar-refractivity contribution is 5.91. The summed E-state index contributed by atoms with van der Waals surface area (Å²) in [6.07, 6.45) is -1.41. The number of hydrogen-bond acceptors (Lipinski definition) is 4. The van der Waals surface area contributed by atoms with Gasteiger partial charge in [0.25, 0.3) is 5.91 Å². The number of benzene rings is 1. The molecule has 0 bridgehead atoms. The number of amides is 1. The van der Waals surface area contributed by atoms with Gasteiger partial charge in [-0.3, -0.25) is 9.63 Å². The first-order valence-electron chi connectivity index (χ1n) is 7.45. The van der Waals surface area contributed by atoms with E-state index in [1.165, 1.54) is 34.1 Å². The molecule has 1 saturated heterocycles. The van der Waals surface area contributed by atoms with Gasteiger partial charge in [0.15, 0.2) is 5.69 Å². The fourth-order valence-corrected chi connectivity index (χ4v) is 2.47. The van der Waals surface area contributed by atoms with Gasteiger partial charge in [-0.1, -0.05) is 23.4 Å². The maximum atomic E-state index is 13.0. The van der Waals surface area contributed by atoms with Crippen LogP contribution >= 0.6 is 0 Å². The monoisotopic (exact) mass is 340 g/mol. The molecule has 1 aromatic heterocycles. The number of nitrogens with zero attached hydrogens (tertiary/aromatic N) is 4. The molecule has 2 aromatic rings. The van der Waals surface area contributed by atoms with Crippen molar-refractivity contribution in [1.82, 2.24) is 20.1 Å². The zero-order valence-electron chi connectivity index (χ0n) is 12.7. The van der Waals surface area contributed by atoms with E-state index in [0.29, 0.717) is 13.2 Å².